The fourth-order valence-electron chi connectivity index (χ4n) is 4.22. The molecule has 0 aliphatic carbocycles. The molecule has 10 heteroatoms. The molecule has 4 rings (SSSR count). The van der Waals surface area contributed by atoms with E-state index in [-0.39, 0.29) is 24.2 Å². The zero-order valence-electron chi connectivity index (χ0n) is 17.5. The average Bonchev–Trinajstić information content (AvgIpc) is 3.01. The van der Waals surface area contributed by atoms with Gasteiger partial charge in [0.05, 0.1) is 16.4 Å². The molecule has 2 fully saturated rings. The summed E-state index contributed by atoms with van der Waals surface area (Å²) in [5.41, 5.74) is 0.0669. The third kappa shape index (κ3) is 4.74. The van der Waals surface area contributed by atoms with Crippen LogP contribution in [-0.2, 0) is 14.3 Å². The largest absolute Gasteiger partial charge is 0.483 e. The van der Waals surface area contributed by atoms with Crippen LogP contribution in [0.5, 0.6) is 0 Å². The number of hydrogen-bond donors (Lipinski definition) is 2. The molecule has 31 heavy (non-hydrogen) atoms. The van der Waals surface area contributed by atoms with Gasteiger partial charge in [-0.15, -0.1) is 0 Å². The summed E-state index contributed by atoms with van der Waals surface area (Å²) >= 11 is 0. The monoisotopic (exact) mass is 430 g/mol. The second-order valence-electron chi connectivity index (χ2n) is 8.10. The van der Waals surface area contributed by atoms with Gasteiger partial charge in [-0.05, 0) is 39.1 Å². The number of H-pyrrole nitrogens is 1. The van der Waals surface area contributed by atoms with Gasteiger partial charge in [0.15, 0.2) is 5.69 Å². The van der Waals surface area contributed by atoms with E-state index in [0.29, 0.717) is 49.9 Å². The Balaban J connectivity index is 0.000000858. The van der Waals surface area contributed by atoms with Crippen molar-refractivity contribution in [2.24, 2.45) is 5.41 Å². The lowest BCUT2D eigenvalue weighted by molar-refractivity contribution is -0.150. The first kappa shape index (κ1) is 22.4. The summed E-state index contributed by atoms with van der Waals surface area (Å²) < 4.78 is 5.56. The number of piperidine rings is 1. The van der Waals surface area contributed by atoms with Crippen LogP contribution in [-0.4, -0.2) is 83.1 Å². The summed E-state index contributed by atoms with van der Waals surface area (Å²) in [6.45, 7) is 1.28. The molecule has 1 aromatic heterocycles. The number of carbonyl (C=O) groups excluding carboxylic acids is 2. The summed E-state index contributed by atoms with van der Waals surface area (Å²) in [5, 5.41) is 6.89. The first-order valence-corrected chi connectivity index (χ1v) is 10.0. The van der Waals surface area contributed by atoms with Gasteiger partial charge in [0.25, 0.3) is 17.9 Å². The SMILES string of the molecule is CN(C)CC1CC2(CCN(C(=O)c3nc4ccccc4[nH]c3=O)CC2)C(=O)O1.O=CO. The number of carbonyl (C=O) groups is 3. The lowest BCUT2D eigenvalue weighted by atomic mass is 9.76. The van der Waals surface area contributed by atoms with Crippen LogP contribution in [0.25, 0.3) is 11.0 Å². The van der Waals surface area contributed by atoms with E-state index >= 15 is 0 Å². The number of para-hydroxylation sites is 2. The molecule has 1 amide bonds. The number of carboxylic acid groups (broad SMARTS) is 1. The maximum Gasteiger partial charge on any atom is 0.312 e. The van der Waals surface area contributed by atoms with E-state index in [1.807, 2.05) is 25.1 Å². The normalized spacial score (nSPS) is 19.8. The number of aromatic nitrogens is 2. The molecular formula is C21H26N4O6. The molecule has 2 aromatic rings. The number of hydrogen-bond acceptors (Lipinski definition) is 7. The number of amides is 1. The fourth-order valence-corrected chi connectivity index (χ4v) is 4.22. The number of fused-ring (bicyclic) bond motifs is 1. The standard InChI is InChI=1S/C20H24N4O4.CH2O2/c1-23(2)12-13-11-20(19(27)28-13)7-9-24(10-8-20)18(26)16-17(25)22-15-6-4-3-5-14(15)21-16;2-1-3/h3-6,13H,7-12H2,1-2H3,(H,22,25);1H,(H,2,3). The molecule has 2 aliphatic rings. The summed E-state index contributed by atoms with van der Waals surface area (Å²) in [6.07, 6.45) is 1.68. The average molecular weight is 430 g/mol. The number of cyclic esters (lactones) is 1. The van der Waals surface area contributed by atoms with Crippen molar-refractivity contribution in [3.63, 3.8) is 0 Å². The third-order valence-corrected chi connectivity index (χ3v) is 5.70. The van der Waals surface area contributed by atoms with E-state index in [9.17, 15) is 14.4 Å². The Morgan fingerprint density at radius 1 is 1.32 bits per heavy atom. The first-order valence-electron chi connectivity index (χ1n) is 10.0. The molecule has 0 radical (unpaired) electrons. The van der Waals surface area contributed by atoms with Gasteiger partial charge in [-0.25, -0.2) is 4.98 Å². The van der Waals surface area contributed by atoms with Gasteiger partial charge in [-0.1, -0.05) is 12.1 Å². The van der Waals surface area contributed by atoms with Crippen LogP contribution in [0.4, 0.5) is 0 Å². The highest BCUT2D eigenvalue weighted by atomic mass is 16.6. The number of benzene rings is 1. The van der Waals surface area contributed by atoms with Gasteiger partial charge in [0.1, 0.15) is 6.10 Å². The van der Waals surface area contributed by atoms with Gasteiger partial charge < -0.3 is 24.6 Å². The van der Waals surface area contributed by atoms with Gasteiger partial charge in [0, 0.05) is 26.1 Å². The van der Waals surface area contributed by atoms with Crippen LogP contribution < -0.4 is 5.56 Å². The number of nitrogens with one attached hydrogen (secondary N) is 1. The van der Waals surface area contributed by atoms with Gasteiger partial charge in [-0.2, -0.15) is 0 Å². The highest BCUT2D eigenvalue weighted by molar-refractivity contribution is 5.94. The number of rotatable bonds is 3. The summed E-state index contributed by atoms with van der Waals surface area (Å²) in [7, 11) is 3.91. The second-order valence-corrected chi connectivity index (χ2v) is 8.10. The van der Waals surface area contributed by atoms with Crippen LogP contribution in [0, 0.1) is 5.41 Å². The minimum absolute atomic E-state index is 0.102. The van der Waals surface area contributed by atoms with Crippen LogP contribution in [0.1, 0.15) is 29.8 Å². The van der Waals surface area contributed by atoms with Crippen molar-refractivity contribution in [1.82, 2.24) is 19.8 Å². The number of nitrogens with zero attached hydrogens (tertiary/aromatic N) is 3. The van der Waals surface area contributed by atoms with Crippen LogP contribution >= 0.6 is 0 Å². The molecule has 1 unspecified atom stereocenters. The highest BCUT2D eigenvalue weighted by Crippen LogP contribution is 2.43. The molecule has 2 aliphatic heterocycles. The molecule has 10 nitrogen and oxygen atoms in total. The van der Waals surface area contributed by atoms with E-state index in [1.54, 1.807) is 23.1 Å². The van der Waals surface area contributed by atoms with Crippen LogP contribution in [0.2, 0.25) is 0 Å². The van der Waals surface area contributed by atoms with E-state index in [2.05, 4.69) is 9.97 Å². The summed E-state index contributed by atoms with van der Waals surface area (Å²) in [4.78, 5) is 56.6. The zero-order chi connectivity index (χ0) is 22.6. The molecule has 1 atom stereocenters. The number of likely N-dealkylation sites (tertiary alicyclic amines) is 1. The first-order chi connectivity index (χ1) is 14.8. The highest BCUT2D eigenvalue weighted by Gasteiger charge is 2.51. The molecule has 3 heterocycles. The van der Waals surface area contributed by atoms with E-state index in [1.165, 1.54) is 0 Å². The van der Waals surface area contributed by atoms with Crippen molar-refractivity contribution < 1.29 is 24.2 Å². The van der Waals surface area contributed by atoms with Crippen molar-refractivity contribution in [2.75, 3.05) is 33.7 Å². The van der Waals surface area contributed by atoms with E-state index in [4.69, 9.17) is 14.6 Å². The Morgan fingerprint density at radius 3 is 2.61 bits per heavy atom. The minimum Gasteiger partial charge on any atom is -0.483 e. The molecule has 0 saturated carbocycles. The Labute approximate surface area is 178 Å². The topological polar surface area (TPSA) is 133 Å². The Hall–Kier alpha value is -3.27. The molecule has 0 bridgehead atoms. The lowest BCUT2D eigenvalue weighted by Crippen LogP contribution is -2.46. The third-order valence-electron chi connectivity index (χ3n) is 5.70. The minimum atomic E-state index is -0.513. The van der Waals surface area contributed by atoms with Gasteiger partial charge in [-0.3, -0.25) is 19.2 Å². The molecular weight excluding hydrogens is 404 g/mol. The van der Waals surface area contributed by atoms with E-state index < -0.39 is 16.9 Å². The Kier molecular flexibility index (Phi) is 6.69. The maximum atomic E-state index is 12.9. The Bertz CT molecular complexity index is 1030. The Morgan fingerprint density at radius 2 is 1.97 bits per heavy atom. The van der Waals surface area contributed by atoms with Crippen LogP contribution in [0.3, 0.4) is 0 Å². The quantitative estimate of drug-likeness (QED) is 0.538. The van der Waals surface area contributed by atoms with Crippen molar-refractivity contribution in [3.8, 4) is 0 Å². The van der Waals surface area contributed by atoms with Crippen LogP contribution in [0.15, 0.2) is 29.1 Å². The molecule has 1 spiro atoms. The number of ether oxygens (including phenoxy) is 1. The second kappa shape index (κ2) is 9.25. The van der Waals surface area contributed by atoms with E-state index in [0.717, 1.165) is 0 Å². The number of aromatic amines is 1. The fraction of sp³-hybridized carbons (Fsp3) is 0.476. The van der Waals surface area contributed by atoms with Gasteiger partial charge in [0.2, 0.25) is 0 Å². The predicted octanol–water partition coefficient (Wildman–Crippen LogP) is 0.723. The zero-order valence-corrected chi connectivity index (χ0v) is 17.5. The van der Waals surface area contributed by atoms with Gasteiger partial charge >= 0.3 is 5.97 Å². The predicted molar refractivity (Wildman–Crippen MR) is 112 cm³/mol. The van der Waals surface area contributed by atoms with Crippen molar-refractivity contribution in [1.29, 1.82) is 0 Å². The molecule has 1 aromatic carbocycles. The maximum absolute atomic E-state index is 12.9. The summed E-state index contributed by atoms with van der Waals surface area (Å²) in [5.74, 6) is -0.550. The summed E-state index contributed by atoms with van der Waals surface area (Å²) in [6, 6.07) is 7.11. The van der Waals surface area contributed by atoms with Crippen molar-refractivity contribution in [3.05, 3.63) is 40.3 Å². The lowest BCUT2D eigenvalue weighted by Gasteiger charge is -2.36. The smallest absolute Gasteiger partial charge is 0.312 e. The number of likely N-dealkylation sites (N-methyl/N-ethyl adjacent to an activating group) is 1. The number of esters is 1. The molecule has 2 N–H and O–H groups in total. The van der Waals surface area contributed by atoms with Crippen molar-refractivity contribution in [2.45, 2.75) is 25.4 Å². The molecule has 166 valence electrons. The molecule has 2 saturated heterocycles. The van der Waals surface area contributed by atoms with Crippen molar-refractivity contribution >= 4 is 29.4 Å².